The molecule has 1 fully saturated rings. The number of carbonyl (C=O) groups is 2. The second-order valence-electron chi connectivity index (χ2n) is 3.53. The molecular weight excluding hydrogens is 276 g/mol. The van der Waals surface area contributed by atoms with Gasteiger partial charge in [-0.1, -0.05) is 5.59 Å². The van der Waals surface area contributed by atoms with Crippen LogP contribution in [0.4, 0.5) is 9.59 Å². The van der Waals surface area contributed by atoms with Gasteiger partial charge in [-0.15, -0.1) is 4.99 Å². The first-order valence-corrected chi connectivity index (χ1v) is 5.04. The van der Waals surface area contributed by atoms with Crippen LogP contribution in [0, 0.1) is 0 Å². The van der Waals surface area contributed by atoms with Gasteiger partial charge in [0.05, 0.1) is 0 Å². The van der Waals surface area contributed by atoms with Gasteiger partial charge in [0, 0.05) is 7.05 Å². The third-order valence-corrected chi connectivity index (χ3v) is 2.21. The number of hydrogen-bond donors (Lipinski definition) is 2. The van der Waals surface area contributed by atoms with Gasteiger partial charge >= 0.3 is 17.7 Å². The Labute approximate surface area is 110 Å². The lowest BCUT2D eigenvalue weighted by molar-refractivity contribution is -0.519. The first kappa shape index (κ1) is 13.4. The minimum atomic E-state index is -1.73. The summed E-state index contributed by atoms with van der Waals surface area (Å²) < 4.78 is 1.15. The Morgan fingerprint density at radius 2 is 2.15 bits per heavy atom. The maximum atomic E-state index is 10.6. The summed E-state index contributed by atoms with van der Waals surface area (Å²) in [5.41, 5.74) is 2.45. The summed E-state index contributed by atoms with van der Waals surface area (Å²) in [4.78, 5) is 37.0. The Bertz CT molecular complexity index is 605. The van der Waals surface area contributed by atoms with E-state index in [4.69, 9.17) is 14.8 Å². The van der Waals surface area contributed by atoms with E-state index in [1.54, 1.807) is 0 Å². The van der Waals surface area contributed by atoms with Crippen LogP contribution >= 0.6 is 0 Å². The van der Waals surface area contributed by atoms with Crippen molar-refractivity contribution in [3.63, 3.8) is 0 Å². The lowest BCUT2D eigenvalue weighted by atomic mass is 10.3. The normalized spacial score (nSPS) is 25.7. The largest absolute Gasteiger partial charge is 0.528 e. The van der Waals surface area contributed by atoms with E-state index >= 15 is 0 Å². The van der Waals surface area contributed by atoms with Gasteiger partial charge in [0.2, 0.25) is 11.0 Å². The summed E-state index contributed by atoms with van der Waals surface area (Å²) in [6.45, 7) is 0. The highest BCUT2D eigenvalue weighted by Crippen LogP contribution is 2.21. The summed E-state index contributed by atoms with van der Waals surface area (Å²) in [5, 5.41) is 23.9. The molecule has 2 amide bonds. The molecule has 2 aliphatic rings. The number of hydrazine groups is 1. The number of hydrogen-bond acceptors (Lipinski definition) is 8. The molecule has 0 saturated carbocycles. The van der Waals surface area contributed by atoms with Gasteiger partial charge in [-0.3, -0.25) is 9.85 Å². The number of amides is 2. The van der Waals surface area contributed by atoms with Crippen molar-refractivity contribution < 1.29 is 34.2 Å². The van der Waals surface area contributed by atoms with Crippen LogP contribution in [0.1, 0.15) is 0 Å². The Morgan fingerprint density at radius 1 is 1.45 bits per heavy atom. The molecule has 2 rings (SSSR count). The summed E-state index contributed by atoms with van der Waals surface area (Å²) >= 11 is 0. The molecule has 0 aromatic heterocycles. The Balaban J connectivity index is 2.59. The minimum absolute atomic E-state index is 0.0555. The molecule has 2 heterocycles. The number of likely N-dealkylation sites (N-methyl/N-ethyl adjacent to an activating group) is 2. The molecule has 1 saturated heterocycles. The van der Waals surface area contributed by atoms with E-state index in [1.807, 2.05) is 0 Å². The average molecular weight is 284 g/mol. The summed E-state index contributed by atoms with van der Waals surface area (Å²) in [6.07, 6.45) is -3.23. The second kappa shape index (κ2) is 4.93. The van der Waals surface area contributed by atoms with Crippen LogP contribution in [0.5, 0.6) is 0 Å². The van der Waals surface area contributed by atoms with Crippen LogP contribution in [-0.2, 0) is 9.68 Å². The molecule has 106 valence electrons. The molecular formula is C8H8N6O6. The number of carbonyl (C=O) groups excluding carboxylic acids is 1. The summed E-state index contributed by atoms with van der Waals surface area (Å²) in [7, 11) is 2.92. The standard InChI is InChI=1S/C8H8N6O6/c1-13-3(5(19-11-13)9-7(15)16)4-6(10-8(17)18)20-12-14(4)2/h11H,1-2H3,(H-,15,16,17,18). The SMILES string of the molecule is CN1NOC(=NC(=O)[O-])C1=C1C(=NC(=O)O)ON=[N+]1C. The molecule has 2 N–H and O–H groups in total. The Morgan fingerprint density at radius 3 is 2.75 bits per heavy atom. The lowest BCUT2D eigenvalue weighted by Gasteiger charge is -2.06. The third-order valence-electron chi connectivity index (χ3n) is 2.21. The van der Waals surface area contributed by atoms with Gasteiger partial charge in [-0.25, -0.2) is 4.79 Å². The highest BCUT2D eigenvalue weighted by Gasteiger charge is 2.41. The van der Waals surface area contributed by atoms with Gasteiger partial charge in [0.25, 0.3) is 5.90 Å². The number of rotatable bonds is 0. The quantitative estimate of drug-likeness (QED) is 0.506. The molecule has 12 heteroatoms. The van der Waals surface area contributed by atoms with Crippen molar-refractivity contribution in [2.45, 2.75) is 0 Å². The average Bonchev–Trinajstić information content (AvgIpc) is 2.83. The van der Waals surface area contributed by atoms with E-state index < -0.39 is 12.2 Å². The van der Waals surface area contributed by atoms with Gasteiger partial charge in [-0.05, 0) is 4.70 Å². The Kier molecular flexibility index (Phi) is 3.30. The van der Waals surface area contributed by atoms with Crippen molar-refractivity contribution in [1.82, 2.24) is 10.6 Å². The van der Waals surface area contributed by atoms with Gasteiger partial charge < -0.3 is 19.8 Å². The number of nitrogens with one attached hydrogen (secondary N) is 1. The maximum absolute atomic E-state index is 10.6. The monoisotopic (exact) mass is 284 g/mol. The predicted molar refractivity (Wildman–Crippen MR) is 57.0 cm³/mol. The van der Waals surface area contributed by atoms with Gasteiger partial charge in [-0.2, -0.15) is 4.99 Å². The van der Waals surface area contributed by atoms with Crippen molar-refractivity contribution in [3.8, 4) is 0 Å². The van der Waals surface area contributed by atoms with Crippen LogP contribution in [0.15, 0.2) is 26.7 Å². The zero-order valence-corrected chi connectivity index (χ0v) is 10.2. The third kappa shape index (κ3) is 2.39. The van der Waals surface area contributed by atoms with Crippen LogP contribution < -0.4 is 10.7 Å². The van der Waals surface area contributed by atoms with E-state index in [-0.39, 0.29) is 23.2 Å². The summed E-state index contributed by atoms with van der Waals surface area (Å²) in [6, 6.07) is 0. The van der Waals surface area contributed by atoms with Crippen molar-refractivity contribution >= 4 is 24.0 Å². The van der Waals surface area contributed by atoms with Crippen LogP contribution in [0.2, 0.25) is 0 Å². The predicted octanol–water partition coefficient (Wildman–Crippen LogP) is -1.56. The molecule has 0 spiro atoms. The topological polar surface area (TPSA) is 151 Å². The Hall–Kier alpha value is -3.02. The van der Waals surface area contributed by atoms with Crippen molar-refractivity contribution in [3.05, 3.63) is 11.4 Å². The molecule has 0 aromatic carbocycles. The lowest BCUT2D eigenvalue weighted by Crippen LogP contribution is -2.27. The molecule has 0 aliphatic carbocycles. The number of carboxylic acid groups (broad SMARTS) is 2. The van der Waals surface area contributed by atoms with E-state index in [0.717, 1.165) is 4.70 Å². The van der Waals surface area contributed by atoms with Crippen molar-refractivity contribution in [1.29, 1.82) is 0 Å². The zero-order valence-electron chi connectivity index (χ0n) is 10.2. The molecule has 12 nitrogen and oxygen atoms in total. The molecule has 0 aromatic rings. The first-order chi connectivity index (χ1) is 9.40. The van der Waals surface area contributed by atoms with E-state index in [0.29, 0.717) is 0 Å². The van der Waals surface area contributed by atoms with E-state index in [1.165, 1.54) is 19.1 Å². The highest BCUT2D eigenvalue weighted by molar-refractivity contribution is 6.07. The van der Waals surface area contributed by atoms with Crippen molar-refractivity contribution in [2.24, 2.45) is 15.3 Å². The fraction of sp³-hybridized carbons (Fsp3) is 0.250. The molecule has 0 atom stereocenters. The number of nitrogens with zero attached hydrogens (tertiary/aromatic N) is 5. The molecule has 0 bridgehead atoms. The molecule has 0 radical (unpaired) electrons. The van der Waals surface area contributed by atoms with Gasteiger partial charge in [0.1, 0.15) is 0 Å². The first-order valence-electron chi connectivity index (χ1n) is 5.04. The smallest absolute Gasteiger partial charge is 0.434 e. The second-order valence-corrected chi connectivity index (χ2v) is 3.53. The minimum Gasteiger partial charge on any atom is -0.528 e. The van der Waals surface area contributed by atoms with Crippen molar-refractivity contribution in [2.75, 3.05) is 14.1 Å². The highest BCUT2D eigenvalue weighted by atomic mass is 16.7. The van der Waals surface area contributed by atoms with Crippen LogP contribution in [-0.4, -0.2) is 52.9 Å². The number of aliphatic imine (C=N–C) groups is 2. The maximum Gasteiger partial charge on any atom is 0.434 e. The fourth-order valence-electron chi connectivity index (χ4n) is 1.51. The fourth-order valence-corrected chi connectivity index (χ4v) is 1.51. The summed E-state index contributed by atoms with van der Waals surface area (Å²) in [5.74, 6) is -0.701. The molecule has 0 unspecified atom stereocenters. The molecule has 2 aliphatic heterocycles. The molecule has 20 heavy (non-hydrogen) atoms. The van der Waals surface area contributed by atoms with Crippen LogP contribution in [0.25, 0.3) is 0 Å². The van der Waals surface area contributed by atoms with Crippen LogP contribution in [0.3, 0.4) is 0 Å². The van der Waals surface area contributed by atoms with E-state index in [9.17, 15) is 14.7 Å². The van der Waals surface area contributed by atoms with E-state index in [2.05, 4.69) is 20.9 Å². The van der Waals surface area contributed by atoms with Gasteiger partial charge in [0.15, 0.2) is 13.1 Å². The zero-order chi connectivity index (χ0) is 14.9.